The largest absolute Gasteiger partial charge is 0.444 e. The van der Waals surface area contributed by atoms with Crippen LogP contribution in [0.4, 0.5) is 0 Å². The van der Waals surface area contributed by atoms with Crippen LogP contribution in [0.3, 0.4) is 0 Å². The van der Waals surface area contributed by atoms with E-state index in [1.54, 1.807) is 30.5 Å². The van der Waals surface area contributed by atoms with Gasteiger partial charge in [-0.3, -0.25) is 9.59 Å². The molecule has 1 aliphatic heterocycles. The molecule has 2 heterocycles. The molecule has 1 aromatic carbocycles. The molecule has 0 bridgehead atoms. The summed E-state index contributed by atoms with van der Waals surface area (Å²) in [6.45, 7) is 0.583. The molecule has 1 aliphatic rings. The molecule has 24 heavy (non-hydrogen) atoms. The number of likely N-dealkylation sites (tertiary alicyclic amines) is 1. The van der Waals surface area contributed by atoms with E-state index in [1.165, 1.54) is 18.4 Å². The first kappa shape index (κ1) is 16.2. The fourth-order valence-corrected chi connectivity index (χ4v) is 3.18. The van der Waals surface area contributed by atoms with Crippen molar-refractivity contribution in [2.24, 2.45) is 5.73 Å². The van der Waals surface area contributed by atoms with Crippen molar-refractivity contribution in [3.8, 4) is 11.3 Å². The number of amides is 2. The number of primary amides is 1. The van der Waals surface area contributed by atoms with E-state index in [2.05, 4.69) is 4.98 Å². The molecule has 1 saturated heterocycles. The molecule has 1 fully saturated rings. The average Bonchev–Trinajstić information content (AvgIpc) is 3.25. The lowest BCUT2D eigenvalue weighted by molar-refractivity contribution is -0.130. The van der Waals surface area contributed by atoms with Crippen molar-refractivity contribution in [3.63, 3.8) is 0 Å². The van der Waals surface area contributed by atoms with Crippen LogP contribution in [0.5, 0.6) is 0 Å². The Morgan fingerprint density at radius 2 is 2.12 bits per heavy atom. The van der Waals surface area contributed by atoms with Gasteiger partial charge in [-0.25, -0.2) is 4.98 Å². The Morgan fingerprint density at radius 1 is 1.38 bits per heavy atom. The van der Waals surface area contributed by atoms with Crippen LogP contribution < -0.4 is 5.73 Å². The Kier molecular flexibility index (Phi) is 4.35. The summed E-state index contributed by atoms with van der Waals surface area (Å²) in [7, 11) is 1.50. The molecule has 0 radical (unpaired) electrons. The summed E-state index contributed by atoms with van der Waals surface area (Å²) in [6.07, 6.45) is 4.19. The third-order valence-electron chi connectivity index (χ3n) is 4.42. The first-order chi connectivity index (χ1) is 11.6. The zero-order chi connectivity index (χ0) is 17.2. The molecule has 0 spiro atoms. The Bertz CT molecular complexity index is 727. The second-order valence-corrected chi connectivity index (χ2v) is 5.83. The first-order valence-corrected chi connectivity index (χ1v) is 7.68. The highest BCUT2D eigenvalue weighted by atomic mass is 16.5. The highest BCUT2D eigenvalue weighted by Crippen LogP contribution is 2.31. The van der Waals surface area contributed by atoms with Crippen LogP contribution in [0.15, 0.2) is 41.3 Å². The molecule has 0 saturated carbocycles. The number of nitrogens with two attached hydrogens (primary N) is 1. The van der Waals surface area contributed by atoms with Gasteiger partial charge in [-0.15, -0.1) is 0 Å². The van der Waals surface area contributed by atoms with Crippen molar-refractivity contribution in [2.75, 3.05) is 20.3 Å². The van der Waals surface area contributed by atoms with E-state index < -0.39 is 11.4 Å². The van der Waals surface area contributed by atoms with E-state index in [0.717, 1.165) is 5.56 Å². The third-order valence-corrected chi connectivity index (χ3v) is 4.42. The predicted molar refractivity (Wildman–Crippen MR) is 86.0 cm³/mol. The Morgan fingerprint density at radius 3 is 2.71 bits per heavy atom. The molecule has 2 aromatic rings. The Hall–Kier alpha value is -2.67. The summed E-state index contributed by atoms with van der Waals surface area (Å²) < 4.78 is 10.4. The van der Waals surface area contributed by atoms with Crippen molar-refractivity contribution in [2.45, 2.75) is 18.4 Å². The van der Waals surface area contributed by atoms with Gasteiger partial charge in [-0.05, 0) is 25.0 Å². The molecule has 2 N–H and O–H groups in total. The summed E-state index contributed by atoms with van der Waals surface area (Å²) in [6, 6.07) is 6.98. The van der Waals surface area contributed by atoms with Crippen LogP contribution in [0, 0.1) is 0 Å². The third kappa shape index (κ3) is 2.67. The van der Waals surface area contributed by atoms with Gasteiger partial charge in [0.25, 0.3) is 5.91 Å². The summed E-state index contributed by atoms with van der Waals surface area (Å²) in [5.74, 6) is -0.137. The maximum Gasteiger partial charge on any atom is 0.254 e. The molecule has 1 unspecified atom stereocenters. The van der Waals surface area contributed by atoms with Crippen LogP contribution in [0.1, 0.15) is 23.2 Å². The summed E-state index contributed by atoms with van der Waals surface area (Å²) >= 11 is 0. The molecular formula is C17H19N3O4. The second kappa shape index (κ2) is 6.45. The van der Waals surface area contributed by atoms with E-state index in [-0.39, 0.29) is 12.5 Å². The van der Waals surface area contributed by atoms with Gasteiger partial charge >= 0.3 is 0 Å². The monoisotopic (exact) mass is 329 g/mol. The topological polar surface area (TPSA) is 98.7 Å². The minimum Gasteiger partial charge on any atom is -0.444 e. The van der Waals surface area contributed by atoms with Gasteiger partial charge in [0.1, 0.15) is 5.54 Å². The minimum absolute atomic E-state index is 0.101. The number of aromatic nitrogens is 1. The summed E-state index contributed by atoms with van der Waals surface area (Å²) in [5, 5.41) is 0. The van der Waals surface area contributed by atoms with Crippen molar-refractivity contribution in [1.29, 1.82) is 0 Å². The maximum atomic E-state index is 12.9. The smallest absolute Gasteiger partial charge is 0.254 e. The molecule has 7 heteroatoms. The fourth-order valence-electron chi connectivity index (χ4n) is 3.18. The van der Waals surface area contributed by atoms with Gasteiger partial charge in [-0.2, -0.15) is 0 Å². The molecular weight excluding hydrogens is 310 g/mol. The Labute approximate surface area is 139 Å². The molecule has 3 rings (SSSR count). The number of hydrogen-bond acceptors (Lipinski definition) is 5. The van der Waals surface area contributed by atoms with E-state index in [1.807, 2.05) is 0 Å². The van der Waals surface area contributed by atoms with Crippen LogP contribution in [-0.4, -0.2) is 47.5 Å². The molecule has 126 valence electrons. The highest BCUT2D eigenvalue weighted by molar-refractivity contribution is 5.99. The van der Waals surface area contributed by atoms with Crippen LogP contribution in [0.25, 0.3) is 11.3 Å². The van der Waals surface area contributed by atoms with Crippen LogP contribution in [-0.2, 0) is 9.53 Å². The second-order valence-electron chi connectivity index (χ2n) is 5.83. The van der Waals surface area contributed by atoms with E-state index in [9.17, 15) is 9.59 Å². The molecule has 1 atom stereocenters. The lowest BCUT2D eigenvalue weighted by Gasteiger charge is -2.35. The minimum atomic E-state index is -1.07. The molecule has 1 aromatic heterocycles. The maximum absolute atomic E-state index is 12.9. The van der Waals surface area contributed by atoms with Gasteiger partial charge < -0.3 is 19.8 Å². The van der Waals surface area contributed by atoms with Crippen molar-refractivity contribution in [1.82, 2.24) is 9.88 Å². The number of oxazole rings is 1. The highest BCUT2D eigenvalue weighted by Gasteiger charge is 2.48. The summed E-state index contributed by atoms with van der Waals surface area (Å²) in [5.41, 5.74) is 5.82. The molecule has 2 amide bonds. The van der Waals surface area contributed by atoms with Crippen molar-refractivity contribution >= 4 is 11.8 Å². The van der Waals surface area contributed by atoms with E-state index in [0.29, 0.717) is 30.7 Å². The molecule has 7 nitrogen and oxygen atoms in total. The van der Waals surface area contributed by atoms with Gasteiger partial charge in [0.15, 0.2) is 12.2 Å². The SMILES string of the molecule is COCC1(C(N)=O)CCCN1C(=O)c1ccc(-c2cnco2)cc1. The number of ether oxygens (including phenoxy) is 1. The fraction of sp³-hybridized carbons (Fsp3) is 0.353. The van der Waals surface area contributed by atoms with Gasteiger partial charge in [0.05, 0.1) is 12.8 Å². The van der Waals surface area contributed by atoms with Gasteiger partial charge in [-0.1, -0.05) is 12.1 Å². The number of carbonyl (C=O) groups is 2. The number of carbonyl (C=O) groups excluding carboxylic acids is 2. The van der Waals surface area contributed by atoms with E-state index >= 15 is 0 Å². The van der Waals surface area contributed by atoms with E-state index in [4.69, 9.17) is 14.9 Å². The van der Waals surface area contributed by atoms with Crippen molar-refractivity contribution < 1.29 is 18.7 Å². The number of rotatable bonds is 5. The first-order valence-electron chi connectivity index (χ1n) is 7.68. The van der Waals surface area contributed by atoms with Gasteiger partial charge in [0.2, 0.25) is 5.91 Å². The predicted octanol–water partition coefficient (Wildman–Crippen LogP) is 1.45. The number of hydrogen-bond donors (Lipinski definition) is 1. The quantitative estimate of drug-likeness (QED) is 0.895. The van der Waals surface area contributed by atoms with Crippen LogP contribution in [0.2, 0.25) is 0 Å². The zero-order valence-electron chi connectivity index (χ0n) is 13.4. The van der Waals surface area contributed by atoms with Crippen LogP contribution >= 0.6 is 0 Å². The lowest BCUT2D eigenvalue weighted by Crippen LogP contribution is -2.58. The standard InChI is InChI=1S/C17H19N3O4/c1-23-10-17(16(18)22)7-2-8-20(17)15(21)13-5-3-12(4-6-13)14-9-19-11-24-14/h3-6,9,11H,2,7-8,10H2,1H3,(H2,18,22). The Balaban J connectivity index is 1.86. The summed E-state index contributed by atoms with van der Waals surface area (Å²) in [4.78, 5) is 30.3. The van der Waals surface area contributed by atoms with Gasteiger partial charge in [0, 0.05) is 24.8 Å². The number of benzene rings is 1. The normalized spacial score (nSPS) is 20.3. The average molecular weight is 329 g/mol. The zero-order valence-corrected chi connectivity index (χ0v) is 13.4. The lowest BCUT2D eigenvalue weighted by atomic mass is 9.95. The van der Waals surface area contributed by atoms with Crippen molar-refractivity contribution in [3.05, 3.63) is 42.4 Å². The number of methoxy groups -OCH3 is 1. The number of nitrogens with zero attached hydrogens (tertiary/aromatic N) is 2. The molecule has 0 aliphatic carbocycles.